The average Bonchev–Trinajstić information content (AvgIpc) is 2.29. The highest BCUT2D eigenvalue weighted by molar-refractivity contribution is 7.97. The molecule has 11 heavy (non-hydrogen) atoms. The summed E-state index contributed by atoms with van der Waals surface area (Å²) in [6.45, 7) is 2.05. The molecule has 0 unspecified atom stereocenters. The summed E-state index contributed by atoms with van der Waals surface area (Å²) in [5.41, 5.74) is 0. The van der Waals surface area contributed by atoms with Crippen molar-refractivity contribution in [1.29, 1.82) is 0 Å². The van der Waals surface area contributed by atoms with Crippen molar-refractivity contribution < 1.29 is 10.2 Å². The quantitative estimate of drug-likeness (QED) is 0.732. The Hall–Kier alpha value is -0.770. The standard InChI is InChI=1S/C7H11NO2S/c1-2-5-11-8-6(9)3-4-7(8)10/h3-4,9-10H,2,5H2,1H3. The molecule has 0 fully saturated rings. The maximum atomic E-state index is 9.14. The summed E-state index contributed by atoms with van der Waals surface area (Å²) in [5.74, 6) is 1.08. The van der Waals surface area contributed by atoms with E-state index in [9.17, 15) is 0 Å². The lowest BCUT2D eigenvalue weighted by molar-refractivity contribution is 0.416. The van der Waals surface area contributed by atoms with Crippen LogP contribution in [0.25, 0.3) is 0 Å². The SMILES string of the molecule is CCCSn1c(O)ccc1O. The zero-order chi connectivity index (χ0) is 8.27. The van der Waals surface area contributed by atoms with Gasteiger partial charge < -0.3 is 10.2 Å². The normalized spacial score (nSPS) is 10.3. The summed E-state index contributed by atoms with van der Waals surface area (Å²) in [4.78, 5) is 0. The average molecular weight is 173 g/mol. The highest BCUT2D eigenvalue weighted by atomic mass is 32.2. The van der Waals surface area contributed by atoms with E-state index in [1.54, 1.807) is 0 Å². The van der Waals surface area contributed by atoms with E-state index in [-0.39, 0.29) is 11.8 Å². The summed E-state index contributed by atoms with van der Waals surface area (Å²) in [6, 6.07) is 2.94. The van der Waals surface area contributed by atoms with E-state index < -0.39 is 0 Å². The van der Waals surface area contributed by atoms with Crippen molar-refractivity contribution in [2.45, 2.75) is 13.3 Å². The van der Waals surface area contributed by atoms with Crippen molar-refractivity contribution in [3.8, 4) is 11.8 Å². The summed E-state index contributed by atoms with van der Waals surface area (Å²) in [6.07, 6.45) is 1.02. The van der Waals surface area contributed by atoms with Crippen molar-refractivity contribution in [2.75, 3.05) is 5.75 Å². The second-order valence-corrected chi connectivity index (χ2v) is 3.21. The number of hydrogen-bond acceptors (Lipinski definition) is 3. The number of rotatable bonds is 3. The molecule has 0 spiro atoms. The van der Waals surface area contributed by atoms with Crippen LogP contribution in [0.15, 0.2) is 12.1 Å². The Morgan fingerprint density at radius 3 is 2.36 bits per heavy atom. The van der Waals surface area contributed by atoms with Gasteiger partial charge in [-0.25, -0.2) is 3.97 Å². The molecule has 0 aliphatic heterocycles. The van der Waals surface area contributed by atoms with E-state index in [1.165, 1.54) is 28.1 Å². The van der Waals surface area contributed by atoms with Crippen LogP contribution in [0.5, 0.6) is 11.8 Å². The van der Waals surface area contributed by atoms with Gasteiger partial charge in [0.15, 0.2) is 0 Å². The molecule has 1 heterocycles. The first-order valence-corrected chi connectivity index (χ1v) is 4.43. The van der Waals surface area contributed by atoms with Crippen molar-refractivity contribution in [3.05, 3.63) is 12.1 Å². The molecule has 62 valence electrons. The molecular weight excluding hydrogens is 162 g/mol. The van der Waals surface area contributed by atoms with Crippen LogP contribution in [0.2, 0.25) is 0 Å². The van der Waals surface area contributed by atoms with Crippen molar-refractivity contribution in [2.24, 2.45) is 0 Å². The molecule has 1 rings (SSSR count). The Balaban J connectivity index is 2.67. The van der Waals surface area contributed by atoms with Crippen LogP contribution in [-0.2, 0) is 0 Å². The molecule has 0 saturated heterocycles. The van der Waals surface area contributed by atoms with Crippen molar-refractivity contribution in [1.82, 2.24) is 3.97 Å². The molecule has 3 nitrogen and oxygen atoms in total. The van der Waals surface area contributed by atoms with Gasteiger partial charge in [0, 0.05) is 17.9 Å². The molecule has 1 aromatic rings. The Morgan fingerprint density at radius 2 is 1.91 bits per heavy atom. The topological polar surface area (TPSA) is 45.4 Å². The fourth-order valence-electron chi connectivity index (χ4n) is 0.717. The van der Waals surface area contributed by atoms with Gasteiger partial charge in [-0.1, -0.05) is 6.92 Å². The predicted octanol–water partition coefficient (Wildman–Crippen LogP) is 1.81. The molecule has 4 heteroatoms. The number of aromatic nitrogens is 1. The number of aromatic hydroxyl groups is 2. The Kier molecular flexibility index (Phi) is 2.70. The largest absolute Gasteiger partial charge is 0.494 e. The van der Waals surface area contributed by atoms with Gasteiger partial charge in [-0.2, -0.15) is 0 Å². The molecule has 0 saturated carbocycles. The molecule has 0 amide bonds. The van der Waals surface area contributed by atoms with Crippen LogP contribution in [0, 0.1) is 0 Å². The van der Waals surface area contributed by atoms with Crippen LogP contribution in [-0.4, -0.2) is 19.9 Å². The van der Waals surface area contributed by atoms with Crippen molar-refractivity contribution in [3.63, 3.8) is 0 Å². The molecule has 0 atom stereocenters. The predicted molar refractivity (Wildman–Crippen MR) is 45.9 cm³/mol. The van der Waals surface area contributed by atoms with E-state index >= 15 is 0 Å². The van der Waals surface area contributed by atoms with Gasteiger partial charge in [-0.15, -0.1) is 0 Å². The minimum absolute atomic E-state index is 0.0981. The monoisotopic (exact) mass is 173 g/mol. The molecule has 1 aromatic heterocycles. The minimum Gasteiger partial charge on any atom is -0.494 e. The molecule has 0 radical (unpaired) electrons. The van der Waals surface area contributed by atoms with Crippen LogP contribution < -0.4 is 0 Å². The van der Waals surface area contributed by atoms with Gasteiger partial charge in [0.1, 0.15) is 0 Å². The highest BCUT2D eigenvalue weighted by Gasteiger charge is 2.04. The second kappa shape index (κ2) is 3.57. The lowest BCUT2D eigenvalue weighted by Crippen LogP contribution is -1.86. The molecule has 0 aromatic carbocycles. The van der Waals surface area contributed by atoms with Crippen LogP contribution in [0.1, 0.15) is 13.3 Å². The van der Waals surface area contributed by atoms with Gasteiger partial charge >= 0.3 is 0 Å². The van der Waals surface area contributed by atoms with Crippen LogP contribution >= 0.6 is 11.9 Å². The summed E-state index contributed by atoms with van der Waals surface area (Å²) >= 11 is 1.40. The Labute approximate surface area is 69.8 Å². The maximum Gasteiger partial charge on any atom is 0.204 e. The third-order valence-electron chi connectivity index (χ3n) is 1.22. The molecule has 2 N–H and O–H groups in total. The fraction of sp³-hybridized carbons (Fsp3) is 0.429. The van der Waals surface area contributed by atoms with Gasteiger partial charge in [0.05, 0.1) is 0 Å². The first kappa shape index (κ1) is 8.33. The van der Waals surface area contributed by atoms with E-state index in [0.29, 0.717) is 0 Å². The van der Waals surface area contributed by atoms with E-state index in [1.807, 2.05) is 6.92 Å². The zero-order valence-corrected chi connectivity index (χ0v) is 7.14. The van der Waals surface area contributed by atoms with Gasteiger partial charge in [0.25, 0.3) is 0 Å². The number of hydrogen-bond donors (Lipinski definition) is 2. The summed E-state index contributed by atoms with van der Waals surface area (Å²) in [5, 5.41) is 18.3. The van der Waals surface area contributed by atoms with Gasteiger partial charge in [-0.3, -0.25) is 0 Å². The molecule has 0 bridgehead atoms. The third kappa shape index (κ3) is 1.83. The van der Waals surface area contributed by atoms with E-state index in [0.717, 1.165) is 12.2 Å². The lowest BCUT2D eigenvalue weighted by Gasteiger charge is -2.02. The van der Waals surface area contributed by atoms with Crippen molar-refractivity contribution >= 4 is 11.9 Å². The molecule has 0 aliphatic rings. The molecule has 0 aliphatic carbocycles. The Morgan fingerprint density at radius 1 is 1.36 bits per heavy atom. The van der Waals surface area contributed by atoms with Crippen LogP contribution in [0.3, 0.4) is 0 Å². The highest BCUT2D eigenvalue weighted by Crippen LogP contribution is 2.27. The zero-order valence-electron chi connectivity index (χ0n) is 6.32. The smallest absolute Gasteiger partial charge is 0.204 e. The Bertz CT molecular complexity index is 215. The maximum absolute atomic E-state index is 9.14. The van der Waals surface area contributed by atoms with Gasteiger partial charge in [0.2, 0.25) is 11.8 Å². The summed E-state index contributed by atoms with van der Waals surface area (Å²) < 4.78 is 1.41. The van der Waals surface area contributed by atoms with Gasteiger partial charge in [-0.05, 0) is 18.4 Å². The number of nitrogens with zero attached hydrogens (tertiary/aromatic N) is 1. The third-order valence-corrected chi connectivity index (χ3v) is 2.45. The van der Waals surface area contributed by atoms with Crippen LogP contribution in [0.4, 0.5) is 0 Å². The lowest BCUT2D eigenvalue weighted by atomic mass is 10.6. The second-order valence-electron chi connectivity index (χ2n) is 2.18. The fourth-order valence-corrected chi connectivity index (χ4v) is 1.47. The first-order chi connectivity index (χ1) is 5.25. The van der Waals surface area contributed by atoms with E-state index in [2.05, 4.69) is 0 Å². The minimum atomic E-state index is 0.0981. The summed E-state index contributed by atoms with van der Waals surface area (Å²) in [7, 11) is 0. The first-order valence-electron chi connectivity index (χ1n) is 3.48. The van der Waals surface area contributed by atoms with E-state index in [4.69, 9.17) is 10.2 Å². The molecular formula is C7H11NO2S.